The number of phenols is 1. The smallest absolute Gasteiger partial charge is 0.453 e. The second-order valence-corrected chi connectivity index (χ2v) is 5.69. The number of hydrogen-bond donors (Lipinski definition) is 1. The summed E-state index contributed by atoms with van der Waals surface area (Å²) in [6.07, 6.45) is -4.94. The molecule has 0 bridgehead atoms. The monoisotopic (exact) mass is 350 g/mol. The predicted molar refractivity (Wildman–Crippen MR) is 85.1 cm³/mol. The summed E-state index contributed by atoms with van der Waals surface area (Å²) in [5.41, 5.74) is 0.218. The number of alkyl halides is 3. The minimum absolute atomic E-state index is 0.105. The van der Waals surface area contributed by atoms with Gasteiger partial charge in [0.15, 0.2) is 0 Å². The van der Waals surface area contributed by atoms with E-state index in [9.17, 15) is 23.1 Å². The summed E-state index contributed by atoms with van der Waals surface area (Å²) in [5.74, 6) is -2.69. The minimum Gasteiger partial charge on any atom is -0.508 e. The highest BCUT2D eigenvalue weighted by Crippen LogP contribution is 2.38. The van der Waals surface area contributed by atoms with Crippen molar-refractivity contribution in [2.24, 2.45) is 0 Å². The molecule has 25 heavy (non-hydrogen) atoms. The summed E-state index contributed by atoms with van der Waals surface area (Å²) < 4.78 is 50.1. The highest BCUT2D eigenvalue weighted by atomic mass is 19.4. The van der Waals surface area contributed by atoms with E-state index in [-0.39, 0.29) is 22.5 Å². The van der Waals surface area contributed by atoms with E-state index in [0.29, 0.717) is 0 Å². The van der Waals surface area contributed by atoms with Crippen LogP contribution >= 0.6 is 0 Å². The van der Waals surface area contributed by atoms with Crippen LogP contribution in [0.25, 0.3) is 11.0 Å². The van der Waals surface area contributed by atoms with Gasteiger partial charge in [-0.05, 0) is 49.2 Å². The zero-order valence-corrected chi connectivity index (χ0v) is 13.3. The molecule has 4 nitrogen and oxygen atoms in total. The first-order valence-corrected chi connectivity index (χ1v) is 7.28. The lowest BCUT2D eigenvalue weighted by atomic mass is 10.1. The summed E-state index contributed by atoms with van der Waals surface area (Å²) in [4.78, 5) is 12.5. The van der Waals surface area contributed by atoms with E-state index >= 15 is 0 Å². The van der Waals surface area contributed by atoms with Crippen molar-refractivity contribution in [2.75, 3.05) is 0 Å². The zero-order chi connectivity index (χ0) is 18.4. The number of phenolic OH excluding ortho intramolecular Hbond substituents is 1. The van der Waals surface area contributed by atoms with Crippen LogP contribution in [-0.4, -0.2) is 5.11 Å². The van der Waals surface area contributed by atoms with Crippen LogP contribution in [0.5, 0.6) is 17.2 Å². The standard InChI is InChI=1S/C18H13F3O4/c1-9-5-10(2)7-12(6-9)24-16-15(23)13-4-3-11(22)8-14(13)25-17(16)18(19,20)21/h3-8,22H,1-2H3. The molecule has 0 aliphatic heterocycles. The minimum atomic E-state index is -4.94. The Hall–Kier alpha value is -2.96. The fourth-order valence-corrected chi connectivity index (χ4v) is 2.55. The molecule has 0 atom stereocenters. The first-order valence-electron chi connectivity index (χ1n) is 7.28. The molecule has 0 radical (unpaired) electrons. The number of aromatic hydroxyl groups is 1. The Labute approximate surface area is 140 Å². The Morgan fingerprint density at radius 2 is 1.68 bits per heavy atom. The van der Waals surface area contributed by atoms with Gasteiger partial charge in [0.05, 0.1) is 5.39 Å². The van der Waals surface area contributed by atoms with Crippen molar-refractivity contribution in [1.29, 1.82) is 0 Å². The summed E-state index contributed by atoms with van der Waals surface area (Å²) >= 11 is 0. The highest BCUT2D eigenvalue weighted by molar-refractivity contribution is 5.79. The molecule has 1 aromatic heterocycles. The normalized spacial score (nSPS) is 11.7. The molecule has 0 aliphatic carbocycles. The number of hydrogen-bond acceptors (Lipinski definition) is 4. The molecule has 3 rings (SSSR count). The van der Waals surface area contributed by atoms with E-state index in [2.05, 4.69) is 0 Å². The molecule has 2 aromatic carbocycles. The van der Waals surface area contributed by atoms with E-state index < -0.39 is 23.1 Å². The Balaban J connectivity index is 2.26. The van der Waals surface area contributed by atoms with E-state index in [0.717, 1.165) is 17.2 Å². The quantitative estimate of drug-likeness (QED) is 0.712. The van der Waals surface area contributed by atoms with Gasteiger partial charge in [-0.1, -0.05) is 6.07 Å². The van der Waals surface area contributed by atoms with Crippen LogP contribution in [0.2, 0.25) is 0 Å². The molecule has 0 fully saturated rings. The fourth-order valence-electron chi connectivity index (χ4n) is 2.55. The number of aryl methyl sites for hydroxylation is 2. The molecule has 1 N–H and O–H groups in total. The maximum Gasteiger partial charge on any atom is 0.453 e. The topological polar surface area (TPSA) is 59.7 Å². The van der Waals surface area contributed by atoms with Crippen LogP contribution < -0.4 is 10.2 Å². The summed E-state index contributed by atoms with van der Waals surface area (Å²) in [6.45, 7) is 3.52. The van der Waals surface area contributed by atoms with Crippen molar-refractivity contribution in [2.45, 2.75) is 20.0 Å². The average molecular weight is 350 g/mol. The molecule has 0 amide bonds. The van der Waals surface area contributed by atoms with Crippen molar-refractivity contribution in [1.82, 2.24) is 0 Å². The van der Waals surface area contributed by atoms with E-state index in [4.69, 9.17) is 9.15 Å². The summed E-state index contributed by atoms with van der Waals surface area (Å²) in [5, 5.41) is 9.29. The second-order valence-electron chi connectivity index (χ2n) is 5.69. The van der Waals surface area contributed by atoms with Crippen LogP contribution in [0.15, 0.2) is 45.6 Å². The van der Waals surface area contributed by atoms with Crippen LogP contribution in [0.3, 0.4) is 0 Å². The molecular formula is C18H13F3O4. The van der Waals surface area contributed by atoms with Gasteiger partial charge in [-0.3, -0.25) is 4.79 Å². The van der Waals surface area contributed by atoms with Gasteiger partial charge in [-0.2, -0.15) is 13.2 Å². The van der Waals surface area contributed by atoms with Gasteiger partial charge in [0.1, 0.15) is 17.1 Å². The van der Waals surface area contributed by atoms with Crippen LogP contribution in [-0.2, 0) is 6.18 Å². The van der Waals surface area contributed by atoms with Crippen molar-refractivity contribution in [3.8, 4) is 17.2 Å². The van der Waals surface area contributed by atoms with E-state index in [1.54, 1.807) is 13.8 Å². The first kappa shape index (κ1) is 16.9. The van der Waals surface area contributed by atoms with E-state index in [1.165, 1.54) is 24.3 Å². The van der Waals surface area contributed by atoms with Gasteiger partial charge < -0.3 is 14.3 Å². The summed E-state index contributed by atoms with van der Waals surface area (Å²) in [7, 11) is 0. The maximum atomic E-state index is 13.3. The predicted octanol–water partition coefficient (Wildman–Crippen LogP) is 4.93. The Kier molecular flexibility index (Phi) is 3.94. The maximum absolute atomic E-state index is 13.3. The van der Waals surface area contributed by atoms with Gasteiger partial charge in [0, 0.05) is 6.07 Å². The molecule has 0 saturated heterocycles. The lowest BCUT2D eigenvalue weighted by molar-refractivity contribution is -0.154. The van der Waals surface area contributed by atoms with Crippen molar-refractivity contribution in [3.05, 3.63) is 63.5 Å². The van der Waals surface area contributed by atoms with Crippen LogP contribution in [0.4, 0.5) is 13.2 Å². The number of ether oxygens (including phenoxy) is 1. The van der Waals surface area contributed by atoms with Gasteiger partial charge in [-0.15, -0.1) is 0 Å². The lowest BCUT2D eigenvalue weighted by Crippen LogP contribution is -2.15. The SMILES string of the molecule is Cc1cc(C)cc(Oc2c(C(F)(F)F)oc3cc(O)ccc3c2=O)c1. The third-order valence-corrected chi connectivity index (χ3v) is 3.51. The molecular weight excluding hydrogens is 337 g/mol. The average Bonchev–Trinajstić information content (AvgIpc) is 2.47. The third kappa shape index (κ3) is 3.31. The molecule has 0 aliphatic rings. The molecule has 1 heterocycles. The number of benzene rings is 2. The van der Waals surface area contributed by atoms with Crippen molar-refractivity contribution in [3.63, 3.8) is 0 Å². The van der Waals surface area contributed by atoms with Crippen molar-refractivity contribution < 1.29 is 27.4 Å². The van der Waals surface area contributed by atoms with Crippen LogP contribution in [0, 0.1) is 13.8 Å². The Morgan fingerprint density at radius 1 is 1.04 bits per heavy atom. The van der Waals surface area contributed by atoms with Gasteiger partial charge in [-0.25, -0.2) is 0 Å². The Morgan fingerprint density at radius 3 is 2.28 bits per heavy atom. The van der Waals surface area contributed by atoms with Gasteiger partial charge in [0.2, 0.25) is 11.2 Å². The molecule has 130 valence electrons. The fraction of sp³-hybridized carbons (Fsp3) is 0.167. The largest absolute Gasteiger partial charge is 0.508 e. The van der Waals surface area contributed by atoms with Crippen molar-refractivity contribution >= 4 is 11.0 Å². The molecule has 0 saturated carbocycles. The first-order chi connectivity index (χ1) is 11.6. The zero-order valence-electron chi connectivity index (χ0n) is 13.3. The lowest BCUT2D eigenvalue weighted by Gasteiger charge is -2.14. The molecule has 3 aromatic rings. The molecule has 0 spiro atoms. The molecule has 0 unspecified atom stereocenters. The Bertz CT molecular complexity index is 999. The van der Waals surface area contributed by atoms with Gasteiger partial charge in [0.25, 0.3) is 5.76 Å². The number of fused-ring (bicyclic) bond motifs is 1. The second kappa shape index (κ2) is 5.84. The number of halogens is 3. The van der Waals surface area contributed by atoms with E-state index in [1.807, 2.05) is 6.07 Å². The van der Waals surface area contributed by atoms with Gasteiger partial charge >= 0.3 is 6.18 Å². The third-order valence-electron chi connectivity index (χ3n) is 3.51. The highest BCUT2D eigenvalue weighted by Gasteiger charge is 2.40. The summed E-state index contributed by atoms with van der Waals surface area (Å²) in [6, 6.07) is 8.19. The molecule has 7 heteroatoms. The number of rotatable bonds is 2. The van der Waals surface area contributed by atoms with Crippen LogP contribution in [0.1, 0.15) is 16.9 Å².